The van der Waals surface area contributed by atoms with E-state index in [2.05, 4.69) is 5.32 Å². The first-order chi connectivity index (χ1) is 8.36. The summed E-state index contributed by atoms with van der Waals surface area (Å²) in [5, 5.41) is 2.45. The minimum Gasteiger partial charge on any atom is -0.491 e. The molecule has 0 saturated heterocycles. The van der Waals surface area contributed by atoms with Gasteiger partial charge in [0.2, 0.25) is 0 Å². The van der Waals surface area contributed by atoms with E-state index >= 15 is 0 Å². The fraction of sp³-hybridized carbons (Fsp3) is 0.538. The van der Waals surface area contributed by atoms with Gasteiger partial charge in [-0.3, -0.25) is 0 Å². The van der Waals surface area contributed by atoms with E-state index in [1.54, 1.807) is 39.0 Å². The van der Waals surface area contributed by atoms with Gasteiger partial charge in [0.25, 0.3) is 0 Å². The van der Waals surface area contributed by atoms with E-state index < -0.39 is 12.2 Å². The summed E-state index contributed by atoms with van der Waals surface area (Å²) in [6.45, 7) is 5.45. The Morgan fingerprint density at radius 1 is 1.22 bits per heavy atom. The van der Waals surface area contributed by atoms with Crippen LogP contribution in [-0.4, -0.2) is 18.8 Å². The third-order valence-electron chi connectivity index (χ3n) is 2.33. The summed E-state index contributed by atoms with van der Waals surface area (Å²) in [5.74, 6) is 0.274. The van der Waals surface area contributed by atoms with Crippen molar-refractivity contribution < 1.29 is 17.9 Å². The van der Waals surface area contributed by atoms with Gasteiger partial charge in [0.15, 0.2) is 0 Å². The van der Waals surface area contributed by atoms with E-state index in [9.17, 15) is 13.2 Å². The Labute approximate surface area is 105 Å². The fourth-order valence-electron chi connectivity index (χ4n) is 1.69. The van der Waals surface area contributed by atoms with E-state index in [1.165, 1.54) is 6.07 Å². The van der Waals surface area contributed by atoms with Crippen molar-refractivity contribution in [3.8, 4) is 5.75 Å². The van der Waals surface area contributed by atoms with Crippen LogP contribution in [0.15, 0.2) is 24.3 Å². The lowest BCUT2D eigenvalue weighted by Gasteiger charge is -2.24. The van der Waals surface area contributed by atoms with Gasteiger partial charge >= 0.3 is 6.18 Å². The molecule has 1 atom stereocenters. The summed E-state index contributed by atoms with van der Waals surface area (Å²) in [6, 6.07) is 4.56. The van der Waals surface area contributed by atoms with Crippen molar-refractivity contribution in [2.45, 2.75) is 39.1 Å². The number of hydrogen-bond donors (Lipinski definition) is 1. The number of halogens is 3. The van der Waals surface area contributed by atoms with Crippen LogP contribution in [-0.2, 0) is 0 Å². The fourth-order valence-corrected chi connectivity index (χ4v) is 1.69. The Bertz CT molecular complexity index is 377. The molecular weight excluding hydrogens is 243 g/mol. The van der Waals surface area contributed by atoms with Crippen LogP contribution >= 0.6 is 0 Å². The average molecular weight is 261 g/mol. The van der Waals surface area contributed by atoms with E-state index in [0.717, 1.165) is 0 Å². The van der Waals surface area contributed by atoms with Crippen LogP contribution in [0.25, 0.3) is 0 Å². The first-order valence-corrected chi connectivity index (χ1v) is 5.92. The molecule has 1 N–H and O–H groups in total. The average Bonchev–Trinajstić information content (AvgIpc) is 2.25. The lowest BCUT2D eigenvalue weighted by atomic mass is 10.1. The third-order valence-corrected chi connectivity index (χ3v) is 2.33. The van der Waals surface area contributed by atoms with Crippen molar-refractivity contribution in [2.24, 2.45) is 0 Å². The standard InChI is InChI=1S/C13H18F3NO/c1-4-17-12(13(14,15)16)10-7-5-6-8-11(10)18-9(2)3/h5-9,12,17H,4H2,1-3H3. The summed E-state index contributed by atoms with van der Waals surface area (Å²) in [4.78, 5) is 0. The first-order valence-electron chi connectivity index (χ1n) is 5.92. The normalized spacial score (nSPS) is 13.7. The molecule has 0 aliphatic carbocycles. The monoisotopic (exact) mass is 261 g/mol. The number of hydrogen-bond acceptors (Lipinski definition) is 2. The number of ether oxygens (including phenoxy) is 1. The van der Waals surface area contributed by atoms with Crippen LogP contribution in [0.5, 0.6) is 5.75 Å². The van der Waals surface area contributed by atoms with Gasteiger partial charge in [-0.15, -0.1) is 0 Å². The van der Waals surface area contributed by atoms with Crippen molar-refractivity contribution in [1.82, 2.24) is 5.32 Å². The van der Waals surface area contributed by atoms with Gasteiger partial charge in [-0.25, -0.2) is 0 Å². The van der Waals surface area contributed by atoms with Crippen molar-refractivity contribution in [3.05, 3.63) is 29.8 Å². The van der Waals surface area contributed by atoms with Gasteiger partial charge in [-0.1, -0.05) is 25.1 Å². The highest BCUT2D eigenvalue weighted by molar-refractivity contribution is 5.37. The minimum atomic E-state index is -4.34. The number of alkyl halides is 3. The maximum absolute atomic E-state index is 13.0. The Morgan fingerprint density at radius 3 is 2.33 bits per heavy atom. The summed E-state index contributed by atoms with van der Waals surface area (Å²) in [5.41, 5.74) is 0.126. The molecule has 1 rings (SSSR count). The van der Waals surface area contributed by atoms with Crippen LogP contribution in [0.4, 0.5) is 13.2 Å². The molecule has 102 valence electrons. The Kier molecular flexibility index (Phi) is 5.02. The molecule has 1 aromatic carbocycles. The molecule has 0 radical (unpaired) electrons. The Morgan fingerprint density at radius 2 is 1.83 bits per heavy atom. The second kappa shape index (κ2) is 6.09. The molecule has 0 heterocycles. The van der Waals surface area contributed by atoms with Gasteiger partial charge in [0, 0.05) is 5.56 Å². The van der Waals surface area contributed by atoms with Crippen LogP contribution < -0.4 is 10.1 Å². The summed E-state index contributed by atoms with van der Waals surface area (Å²) < 4.78 is 44.4. The van der Waals surface area contributed by atoms with Gasteiger partial charge in [0.05, 0.1) is 6.10 Å². The van der Waals surface area contributed by atoms with E-state index in [4.69, 9.17) is 4.74 Å². The highest BCUT2D eigenvalue weighted by Crippen LogP contribution is 2.37. The zero-order valence-corrected chi connectivity index (χ0v) is 10.7. The van der Waals surface area contributed by atoms with Gasteiger partial charge in [-0.2, -0.15) is 13.2 Å². The highest BCUT2D eigenvalue weighted by Gasteiger charge is 2.41. The predicted octanol–water partition coefficient (Wildman–Crippen LogP) is 3.69. The number of nitrogens with one attached hydrogen (secondary N) is 1. The van der Waals surface area contributed by atoms with E-state index in [0.29, 0.717) is 0 Å². The van der Waals surface area contributed by atoms with E-state index in [1.807, 2.05) is 0 Å². The minimum absolute atomic E-state index is 0.126. The molecule has 1 unspecified atom stereocenters. The second-order valence-electron chi connectivity index (χ2n) is 4.24. The molecule has 0 aromatic heterocycles. The van der Waals surface area contributed by atoms with Crippen molar-refractivity contribution in [1.29, 1.82) is 0 Å². The van der Waals surface area contributed by atoms with Gasteiger partial charge in [0.1, 0.15) is 11.8 Å². The lowest BCUT2D eigenvalue weighted by Crippen LogP contribution is -2.34. The molecule has 0 amide bonds. The molecule has 1 aromatic rings. The molecular formula is C13H18F3NO. The molecule has 18 heavy (non-hydrogen) atoms. The Hall–Kier alpha value is -1.23. The number of benzene rings is 1. The summed E-state index contributed by atoms with van der Waals surface area (Å²) >= 11 is 0. The molecule has 0 bridgehead atoms. The zero-order valence-electron chi connectivity index (χ0n) is 10.7. The molecule has 2 nitrogen and oxygen atoms in total. The zero-order chi connectivity index (χ0) is 13.8. The molecule has 0 spiro atoms. The van der Waals surface area contributed by atoms with Crippen molar-refractivity contribution in [3.63, 3.8) is 0 Å². The quantitative estimate of drug-likeness (QED) is 0.872. The number of para-hydroxylation sites is 1. The largest absolute Gasteiger partial charge is 0.491 e. The summed E-state index contributed by atoms with van der Waals surface area (Å²) in [7, 11) is 0. The Balaban J connectivity index is 3.11. The van der Waals surface area contributed by atoms with E-state index in [-0.39, 0.29) is 24.0 Å². The summed E-state index contributed by atoms with van der Waals surface area (Å²) in [6.07, 6.45) is -4.51. The smallest absolute Gasteiger partial charge is 0.408 e. The van der Waals surface area contributed by atoms with Crippen LogP contribution in [0.2, 0.25) is 0 Å². The topological polar surface area (TPSA) is 21.3 Å². The third kappa shape index (κ3) is 3.91. The van der Waals surface area contributed by atoms with Crippen LogP contribution in [0.1, 0.15) is 32.4 Å². The number of rotatable bonds is 5. The second-order valence-corrected chi connectivity index (χ2v) is 4.24. The highest BCUT2D eigenvalue weighted by atomic mass is 19.4. The predicted molar refractivity (Wildman–Crippen MR) is 64.7 cm³/mol. The van der Waals surface area contributed by atoms with Crippen molar-refractivity contribution >= 4 is 0 Å². The SMILES string of the molecule is CCNC(c1ccccc1OC(C)C)C(F)(F)F. The molecule has 0 saturated carbocycles. The molecule has 0 fully saturated rings. The van der Waals surface area contributed by atoms with Crippen LogP contribution in [0, 0.1) is 0 Å². The molecule has 0 aliphatic rings. The molecule has 5 heteroatoms. The van der Waals surface area contributed by atoms with Gasteiger partial charge in [-0.05, 0) is 26.5 Å². The molecule has 0 aliphatic heterocycles. The maximum atomic E-state index is 13.0. The van der Waals surface area contributed by atoms with Crippen molar-refractivity contribution in [2.75, 3.05) is 6.54 Å². The lowest BCUT2D eigenvalue weighted by molar-refractivity contribution is -0.157. The maximum Gasteiger partial charge on any atom is 0.408 e. The first kappa shape index (κ1) is 14.8. The van der Waals surface area contributed by atoms with Gasteiger partial charge < -0.3 is 10.1 Å². The van der Waals surface area contributed by atoms with Crippen LogP contribution in [0.3, 0.4) is 0 Å².